The largest absolute Gasteiger partial charge is 0.358 e. The minimum atomic E-state index is -1.08. The second kappa shape index (κ2) is 11.4. The molecule has 0 aromatic heterocycles. The molecule has 114 valence electrons. The van der Waals surface area contributed by atoms with E-state index in [0.717, 1.165) is 0 Å². The van der Waals surface area contributed by atoms with Crippen molar-refractivity contribution in [2.24, 2.45) is 5.41 Å². The molecule has 0 bridgehead atoms. The van der Waals surface area contributed by atoms with Crippen LogP contribution in [0.15, 0.2) is 30.3 Å². The molecule has 2 radical (unpaired) electrons. The van der Waals surface area contributed by atoms with E-state index >= 15 is 0 Å². The van der Waals surface area contributed by atoms with Crippen molar-refractivity contribution in [2.75, 3.05) is 0 Å². The Morgan fingerprint density at radius 2 is 1.32 bits per heavy atom. The van der Waals surface area contributed by atoms with Crippen molar-refractivity contribution in [3.63, 3.8) is 0 Å². The molecule has 1 rings (SSSR count). The van der Waals surface area contributed by atoms with Gasteiger partial charge in [-0.1, -0.05) is 75.8 Å². The second-order valence-corrected chi connectivity index (χ2v) is 11.6. The Hall–Kier alpha value is 0.762. The van der Waals surface area contributed by atoms with Crippen molar-refractivity contribution in [3.05, 3.63) is 50.7 Å². The second-order valence-electron chi connectivity index (χ2n) is 6.56. The molecule has 0 unspecified atom stereocenters. The van der Waals surface area contributed by atoms with Gasteiger partial charge in [-0.2, -0.15) is 0 Å². The average Bonchev–Trinajstić information content (AvgIpc) is 1.99. The molecule has 0 aliphatic heterocycles. The Labute approximate surface area is 150 Å². The van der Waals surface area contributed by atoms with E-state index in [1.807, 2.05) is 0 Å². The van der Waals surface area contributed by atoms with Crippen LogP contribution in [-0.2, 0) is 46.9 Å². The summed E-state index contributed by atoms with van der Waals surface area (Å²) in [7, 11) is -1.08. The molecule has 3 heteroatoms. The molecule has 0 aliphatic rings. The maximum atomic E-state index is 2.51. The zero-order valence-electron chi connectivity index (χ0n) is 13.6. The third-order valence-electron chi connectivity index (χ3n) is 2.53. The first-order chi connectivity index (χ1) is 6.79. The summed E-state index contributed by atoms with van der Waals surface area (Å²) in [5, 5.41) is 0. The number of rotatable bonds is 3. The Balaban J connectivity index is -0.000000281. The quantitative estimate of drug-likeness (QED) is 0.312. The van der Waals surface area contributed by atoms with Crippen molar-refractivity contribution < 1.29 is 40.8 Å². The van der Waals surface area contributed by atoms with Crippen LogP contribution in [0.4, 0.5) is 0 Å². The van der Waals surface area contributed by atoms with Crippen LogP contribution in [0, 0.1) is 20.3 Å². The van der Waals surface area contributed by atoms with E-state index in [1.165, 1.54) is 17.7 Å². The third-order valence-corrected chi connectivity index (χ3v) is 5.92. The van der Waals surface area contributed by atoms with Crippen LogP contribution in [0.25, 0.3) is 0 Å². The molecular weight excluding hydrogens is 593 g/mol. The van der Waals surface area contributed by atoms with Gasteiger partial charge in [-0.15, -0.1) is 0 Å². The predicted octanol–water partition coefficient (Wildman–Crippen LogP) is 5.42. The Bertz CT molecular complexity index is 302. The molecule has 0 saturated heterocycles. The predicted molar refractivity (Wildman–Crippen MR) is 84.7 cm³/mol. The van der Waals surface area contributed by atoms with Crippen LogP contribution in [0.5, 0.6) is 0 Å². The summed E-state index contributed by atoms with van der Waals surface area (Å²) in [5.74, 6) is 0. The molecule has 0 N–H and O–H groups in total. The summed E-state index contributed by atoms with van der Waals surface area (Å²) in [6.45, 7) is 12.1. The fraction of sp³-hybridized carbons (Fsp3) is 0.500. The fourth-order valence-corrected chi connectivity index (χ4v) is 6.98. The molecular formula is C16H30Re2Si-2. The SMILES string of the molecule is CC(C)(C)C[Si](C)(C)Cc1ccccc1.[CH3-].[CH3-].[Re].[Re]. The van der Waals surface area contributed by atoms with Gasteiger partial charge >= 0.3 is 0 Å². The average molecular weight is 623 g/mol. The van der Waals surface area contributed by atoms with Gasteiger partial charge in [0.15, 0.2) is 0 Å². The van der Waals surface area contributed by atoms with Crippen LogP contribution >= 0.6 is 0 Å². The van der Waals surface area contributed by atoms with Crippen LogP contribution in [0.3, 0.4) is 0 Å². The number of hydrogen-bond acceptors (Lipinski definition) is 0. The Morgan fingerprint density at radius 3 is 1.68 bits per heavy atom. The summed E-state index contributed by atoms with van der Waals surface area (Å²) < 4.78 is 0. The maximum absolute atomic E-state index is 2.51. The zero-order valence-corrected chi connectivity index (χ0v) is 20.0. The van der Waals surface area contributed by atoms with Crippen molar-refractivity contribution in [3.8, 4) is 0 Å². The zero-order chi connectivity index (χ0) is 11.5. The van der Waals surface area contributed by atoms with Crippen molar-refractivity contribution in [2.45, 2.75) is 46.0 Å². The molecule has 1 aromatic rings. The molecule has 0 nitrogen and oxygen atoms in total. The van der Waals surface area contributed by atoms with E-state index in [-0.39, 0.29) is 55.7 Å². The molecule has 0 saturated carbocycles. The van der Waals surface area contributed by atoms with Gasteiger partial charge in [0.05, 0.1) is 8.07 Å². The van der Waals surface area contributed by atoms with E-state index in [0.29, 0.717) is 5.41 Å². The standard InChI is InChI=1S/C14H24Si.2CH3.2Re/c1-14(2,3)12-15(4,5)11-13-9-7-6-8-10-13;;;;/h6-10H,11-12H2,1-5H3;2*1H3;;/q;2*-1;;. The molecule has 0 aliphatic carbocycles. The minimum absolute atomic E-state index is 0. The van der Waals surface area contributed by atoms with Crippen LogP contribution in [0.1, 0.15) is 26.3 Å². The first-order valence-corrected chi connectivity index (χ1v) is 9.24. The van der Waals surface area contributed by atoms with Gasteiger partial charge in [-0.25, -0.2) is 0 Å². The Morgan fingerprint density at radius 1 is 0.895 bits per heavy atom. The summed E-state index contributed by atoms with van der Waals surface area (Å²) in [6.07, 6.45) is 0. The molecule has 0 heterocycles. The van der Waals surface area contributed by atoms with E-state index in [1.54, 1.807) is 0 Å². The Kier molecular flexibility index (Phi) is 16.8. The molecule has 0 spiro atoms. The van der Waals surface area contributed by atoms with Gasteiger partial charge in [0, 0.05) is 40.8 Å². The van der Waals surface area contributed by atoms with Crippen molar-refractivity contribution in [1.29, 1.82) is 0 Å². The third kappa shape index (κ3) is 13.5. The van der Waals surface area contributed by atoms with E-state index < -0.39 is 8.07 Å². The van der Waals surface area contributed by atoms with Crippen LogP contribution in [0.2, 0.25) is 19.1 Å². The maximum Gasteiger partial charge on any atom is 0.0522 e. The van der Waals surface area contributed by atoms with Crippen molar-refractivity contribution >= 4 is 8.07 Å². The summed E-state index contributed by atoms with van der Waals surface area (Å²) in [5.41, 5.74) is 1.99. The van der Waals surface area contributed by atoms with Gasteiger partial charge in [0.25, 0.3) is 0 Å². The first kappa shape index (κ1) is 28.0. The topological polar surface area (TPSA) is 0 Å². The smallest absolute Gasteiger partial charge is 0.0522 e. The number of hydrogen-bond donors (Lipinski definition) is 0. The molecule has 0 fully saturated rings. The van der Waals surface area contributed by atoms with Gasteiger partial charge in [-0.3, -0.25) is 0 Å². The van der Waals surface area contributed by atoms with E-state index in [4.69, 9.17) is 0 Å². The summed E-state index contributed by atoms with van der Waals surface area (Å²) in [4.78, 5) is 0. The van der Waals surface area contributed by atoms with E-state index in [9.17, 15) is 0 Å². The van der Waals surface area contributed by atoms with Gasteiger partial charge < -0.3 is 14.9 Å². The molecule has 0 amide bonds. The van der Waals surface area contributed by atoms with Gasteiger partial charge in [-0.05, 0) is 11.5 Å². The molecule has 1 aromatic carbocycles. The van der Waals surface area contributed by atoms with Crippen LogP contribution < -0.4 is 0 Å². The normalized spacial score (nSPS) is 10.2. The molecule has 0 atom stereocenters. The van der Waals surface area contributed by atoms with E-state index in [2.05, 4.69) is 64.2 Å². The molecule has 19 heavy (non-hydrogen) atoms. The number of benzene rings is 1. The monoisotopic (exact) mass is 624 g/mol. The summed E-state index contributed by atoms with van der Waals surface area (Å²) >= 11 is 0. The van der Waals surface area contributed by atoms with Crippen LogP contribution in [-0.4, -0.2) is 8.07 Å². The van der Waals surface area contributed by atoms with Crippen molar-refractivity contribution in [1.82, 2.24) is 0 Å². The summed E-state index contributed by atoms with van der Waals surface area (Å²) in [6, 6.07) is 13.6. The first-order valence-electron chi connectivity index (χ1n) is 5.82. The minimum Gasteiger partial charge on any atom is -0.358 e. The fourth-order valence-electron chi connectivity index (χ4n) is 2.65. The van der Waals surface area contributed by atoms with Gasteiger partial charge in [0.2, 0.25) is 0 Å². The van der Waals surface area contributed by atoms with Gasteiger partial charge in [0.1, 0.15) is 0 Å².